The first-order valence-corrected chi connectivity index (χ1v) is 4.12. The van der Waals surface area contributed by atoms with Crippen LogP contribution in [0.25, 0.3) is 0 Å². The van der Waals surface area contributed by atoms with Gasteiger partial charge in [-0.1, -0.05) is 13.3 Å². The number of hydrogen-bond donors (Lipinski definition) is 2. The maximum Gasteiger partial charge on any atom is 0.347 e. The van der Waals surface area contributed by atoms with Crippen LogP contribution in [-0.4, -0.2) is 34.4 Å². The molecule has 0 heterocycles. The van der Waals surface area contributed by atoms with E-state index in [9.17, 15) is 9.59 Å². The normalized spacial score (nSPS) is 11.2. The number of ether oxygens (including phenoxy) is 1. The monoisotopic (exact) mass is 190 g/mol. The molecular formula is C8H14O5. The molecule has 0 aliphatic rings. The van der Waals surface area contributed by atoms with E-state index in [2.05, 4.69) is 0 Å². The molecule has 0 amide bonds. The third kappa shape index (κ3) is 2.42. The standard InChI is InChI=1S/C8H14O5/c1-3-5-8(6(9)10,7(11)12)13-4-2/h3-5H2,1-2H3,(H,9,10)(H,11,12). The predicted octanol–water partition coefficient (Wildman–Crippen LogP) is 0.731. The Kier molecular flexibility index (Phi) is 4.40. The molecule has 0 saturated heterocycles. The van der Waals surface area contributed by atoms with Crippen molar-refractivity contribution in [3.8, 4) is 0 Å². The number of aliphatic carboxylic acids is 2. The van der Waals surface area contributed by atoms with E-state index in [0.717, 1.165) is 0 Å². The Morgan fingerprint density at radius 3 is 1.92 bits per heavy atom. The van der Waals surface area contributed by atoms with E-state index < -0.39 is 17.5 Å². The summed E-state index contributed by atoms with van der Waals surface area (Å²) in [6.07, 6.45) is 0.421. The molecule has 0 aromatic rings. The van der Waals surface area contributed by atoms with Gasteiger partial charge in [-0.2, -0.15) is 0 Å². The zero-order valence-corrected chi connectivity index (χ0v) is 7.74. The maximum atomic E-state index is 10.7. The zero-order chi connectivity index (χ0) is 10.5. The Morgan fingerprint density at radius 2 is 1.69 bits per heavy atom. The highest BCUT2D eigenvalue weighted by Crippen LogP contribution is 2.19. The molecule has 0 spiro atoms. The average molecular weight is 190 g/mol. The highest BCUT2D eigenvalue weighted by Gasteiger charge is 2.46. The summed E-state index contributed by atoms with van der Waals surface area (Å²) >= 11 is 0. The fraction of sp³-hybridized carbons (Fsp3) is 0.750. The van der Waals surface area contributed by atoms with Crippen molar-refractivity contribution < 1.29 is 24.5 Å². The second-order valence-corrected chi connectivity index (χ2v) is 2.62. The molecule has 0 aromatic heterocycles. The Labute approximate surface area is 76.3 Å². The number of carboxylic acids is 2. The van der Waals surface area contributed by atoms with Crippen LogP contribution in [0.2, 0.25) is 0 Å². The van der Waals surface area contributed by atoms with Crippen LogP contribution in [0.5, 0.6) is 0 Å². The molecule has 0 bridgehead atoms. The van der Waals surface area contributed by atoms with E-state index in [0.29, 0.717) is 6.42 Å². The van der Waals surface area contributed by atoms with E-state index in [1.54, 1.807) is 13.8 Å². The van der Waals surface area contributed by atoms with Crippen LogP contribution in [-0.2, 0) is 14.3 Å². The first-order valence-electron chi connectivity index (χ1n) is 4.12. The summed E-state index contributed by atoms with van der Waals surface area (Å²) < 4.78 is 4.79. The summed E-state index contributed by atoms with van der Waals surface area (Å²) in [5.41, 5.74) is -2.07. The van der Waals surface area contributed by atoms with E-state index in [-0.39, 0.29) is 13.0 Å². The van der Waals surface area contributed by atoms with Crippen LogP contribution in [0.1, 0.15) is 26.7 Å². The summed E-state index contributed by atoms with van der Waals surface area (Å²) in [6.45, 7) is 3.34. The van der Waals surface area contributed by atoms with Crippen molar-refractivity contribution in [3.05, 3.63) is 0 Å². The first-order chi connectivity index (χ1) is 6.01. The van der Waals surface area contributed by atoms with Gasteiger partial charge in [0.2, 0.25) is 0 Å². The van der Waals surface area contributed by atoms with Gasteiger partial charge in [-0.05, 0) is 13.3 Å². The number of rotatable bonds is 6. The first kappa shape index (κ1) is 11.9. The van der Waals surface area contributed by atoms with Gasteiger partial charge in [-0.3, -0.25) is 0 Å². The second-order valence-electron chi connectivity index (χ2n) is 2.62. The van der Waals surface area contributed by atoms with Crippen LogP contribution < -0.4 is 0 Å². The molecule has 0 fully saturated rings. The van der Waals surface area contributed by atoms with Crippen molar-refractivity contribution in [2.45, 2.75) is 32.3 Å². The van der Waals surface area contributed by atoms with Gasteiger partial charge >= 0.3 is 11.9 Å². The molecule has 0 aliphatic carbocycles. The van der Waals surface area contributed by atoms with E-state index in [4.69, 9.17) is 14.9 Å². The number of carbonyl (C=O) groups is 2. The fourth-order valence-electron chi connectivity index (χ4n) is 1.10. The van der Waals surface area contributed by atoms with Crippen molar-refractivity contribution in [2.24, 2.45) is 0 Å². The molecule has 0 unspecified atom stereocenters. The molecule has 0 radical (unpaired) electrons. The smallest absolute Gasteiger partial charge is 0.347 e. The highest BCUT2D eigenvalue weighted by molar-refractivity contribution is 6.01. The molecule has 2 N–H and O–H groups in total. The van der Waals surface area contributed by atoms with Crippen LogP contribution >= 0.6 is 0 Å². The third-order valence-corrected chi connectivity index (χ3v) is 1.68. The molecule has 13 heavy (non-hydrogen) atoms. The molecular weight excluding hydrogens is 176 g/mol. The minimum Gasteiger partial charge on any atom is -0.479 e. The van der Waals surface area contributed by atoms with Crippen molar-refractivity contribution in [2.75, 3.05) is 6.61 Å². The second kappa shape index (κ2) is 4.81. The van der Waals surface area contributed by atoms with Crippen LogP contribution in [0.15, 0.2) is 0 Å². The quantitative estimate of drug-likeness (QED) is 0.603. The Hall–Kier alpha value is -1.10. The zero-order valence-electron chi connectivity index (χ0n) is 7.74. The van der Waals surface area contributed by atoms with Crippen molar-refractivity contribution in [3.63, 3.8) is 0 Å². The lowest BCUT2D eigenvalue weighted by Gasteiger charge is -2.23. The van der Waals surface area contributed by atoms with Crippen LogP contribution in [0.4, 0.5) is 0 Å². The van der Waals surface area contributed by atoms with E-state index in [1.807, 2.05) is 0 Å². The molecule has 0 aliphatic heterocycles. The van der Waals surface area contributed by atoms with Crippen LogP contribution in [0, 0.1) is 0 Å². The molecule has 0 atom stereocenters. The van der Waals surface area contributed by atoms with Gasteiger partial charge < -0.3 is 14.9 Å². The molecule has 0 aromatic carbocycles. The van der Waals surface area contributed by atoms with Gasteiger partial charge in [0.05, 0.1) is 0 Å². The molecule has 0 saturated carbocycles. The third-order valence-electron chi connectivity index (χ3n) is 1.68. The summed E-state index contributed by atoms with van der Waals surface area (Å²) in [6, 6.07) is 0. The van der Waals surface area contributed by atoms with Gasteiger partial charge in [0.25, 0.3) is 5.60 Å². The van der Waals surface area contributed by atoms with Gasteiger partial charge in [0, 0.05) is 6.61 Å². The van der Waals surface area contributed by atoms with E-state index >= 15 is 0 Å². The highest BCUT2D eigenvalue weighted by atomic mass is 16.5. The largest absolute Gasteiger partial charge is 0.479 e. The van der Waals surface area contributed by atoms with Gasteiger partial charge in [0.15, 0.2) is 0 Å². The minimum absolute atomic E-state index is 0.0223. The van der Waals surface area contributed by atoms with Crippen molar-refractivity contribution in [1.29, 1.82) is 0 Å². The average Bonchev–Trinajstić information content (AvgIpc) is 2.03. The molecule has 5 heteroatoms. The number of carboxylic acid groups (broad SMARTS) is 2. The lowest BCUT2D eigenvalue weighted by molar-refractivity contribution is -0.184. The molecule has 5 nitrogen and oxygen atoms in total. The van der Waals surface area contributed by atoms with Crippen molar-refractivity contribution in [1.82, 2.24) is 0 Å². The number of hydrogen-bond acceptors (Lipinski definition) is 3. The summed E-state index contributed by atoms with van der Waals surface area (Å²) in [4.78, 5) is 21.5. The lowest BCUT2D eigenvalue weighted by Crippen LogP contribution is -2.49. The SMILES string of the molecule is CCCC(OCC)(C(=O)O)C(=O)O. The minimum atomic E-state index is -2.07. The maximum absolute atomic E-state index is 10.7. The van der Waals surface area contributed by atoms with Crippen molar-refractivity contribution >= 4 is 11.9 Å². The Morgan fingerprint density at radius 1 is 1.23 bits per heavy atom. The topological polar surface area (TPSA) is 83.8 Å². The summed E-state index contributed by atoms with van der Waals surface area (Å²) in [5, 5.41) is 17.5. The molecule has 0 rings (SSSR count). The molecule has 76 valence electrons. The van der Waals surface area contributed by atoms with Gasteiger partial charge in [-0.15, -0.1) is 0 Å². The van der Waals surface area contributed by atoms with Gasteiger partial charge in [0.1, 0.15) is 0 Å². The lowest BCUT2D eigenvalue weighted by atomic mass is 9.98. The Bertz CT molecular complexity index is 177. The predicted molar refractivity (Wildman–Crippen MR) is 44.5 cm³/mol. The summed E-state index contributed by atoms with van der Waals surface area (Å²) in [5.74, 6) is -2.88. The fourth-order valence-corrected chi connectivity index (χ4v) is 1.10. The van der Waals surface area contributed by atoms with Crippen LogP contribution in [0.3, 0.4) is 0 Å². The Balaban J connectivity index is 4.80. The van der Waals surface area contributed by atoms with E-state index in [1.165, 1.54) is 0 Å². The van der Waals surface area contributed by atoms with Gasteiger partial charge in [-0.25, -0.2) is 9.59 Å². The summed E-state index contributed by atoms with van der Waals surface area (Å²) in [7, 11) is 0.